The van der Waals surface area contributed by atoms with Crippen LogP contribution in [0.5, 0.6) is 0 Å². The SMILES string of the molecule is CCCn1nc(C)c(N)c1N1CC(C)OC(CO)C1. The molecule has 1 aromatic rings. The van der Waals surface area contributed by atoms with Crippen molar-refractivity contribution in [1.29, 1.82) is 0 Å². The molecule has 1 aliphatic heterocycles. The summed E-state index contributed by atoms with van der Waals surface area (Å²) in [5.74, 6) is 0.966. The van der Waals surface area contributed by atoms with Crippen LogP contribution in [0.2, 0.25) is 0 Å². The molecule has 2 heterocycles. The van der Waals surface area contributed by atoms with Crippen LogP contribution in [0.3, 0.4) is 0 Å². The largest absolute Gasteiger partial charge is 0.394 e. The number of hydrogen-bond acceptors (Lipinski definition) is 5. The van der Waals surface area contributed by atoms with Gasteiger partial charge in [-0.2, -0.15) is 5.10 Å². The third-order valence-corrected chi connectivity index (χ3v) is 3.41. The Bertz CT molecular complexity index is 433. The number of ether oxygens (including phenoxy) is 1. The second kappa shape index (κ2) is 5.79. The van der Waals surface area contributed by atoms with Crippen LogP contribution in [0.25, 0.3) is 0 Å². The highest BCUT2D eigenvalue weighted by atomic mass is 16.5. The van der Waals surface area contributed by atoms with Crippen molar-refractivity contribution in [1.82, 2.24) is 9.78 Å². The van der Waals surface area contributed by atoms with Crippen molar-refractivity contribution in [3.05, 3.63) is 5.69 Å². The molecule has 0 aromatic carbocycles. The number of anilines is 2. The van der Waals surface area contributed by atoms with Crippen molar-refractivity contribution in [2.45, 2.75) is 45.9 Å². The van der Waals surface area contributed by atoms with Crippen molar-refractivity contribution < 1.29 is 9.84 Å². The first-order chi connectivity index (χ1) is 9.06. The Hall–Kier alpha value is -1.27. The Morgan fingerprint density at radius 2 is 2.21 bits per heavy atom. The average molecular weight is 268 g/mol. The summed E-state index contributed by atoms with van der Waals surface area (Å²) >= 11 is 0. The summed E-state index contributed by atoms with van der Waals surface area (Å²) in [4.78, 5) is 2.18. The van der Waals surface area contributed by atoms with Crippen molar-refractivity contribution in [3.63, 3.8) is 0 Å². The highest BCUT2D eigenvalue weighted by molar-refractivity contribution is 5.66. The molecule has 0 radical (unpaired) electrons. The molecule has 19 heavy (non-hydrogen) atoms. The Kier molecular flexibility index (Phi) is 4.31. The number of nitrogen functional groups attached to an aromatic ring is 1. The molecule has 0 bridgehead atoms. The molecular formula is C13H24N4O2. The molecule has 108 valence electrons. The summed E-state index contributed by atoms with van der Waals surface area (Å²) in [5.41, 5.74) is 7.77. The van der Waals surface area contributed by atoms with Gasteiger partial charge in [0.1, 0.15) is 0 Å². The molecule has 2 atom stereocenters. The van der Waals surface area contributed by atoms with Gasteiger partial charge in [0.05, 0.1) is 30.2 Å². The highest BCUT2D eigenvalue weighted by Gasteiger charge is 2.28. The molecule has 3 N–H and O–H groups in total. The molecule has 1 fully saturated rings. The normalized spacial score (nSPS) is 23.9. The van der Waals surface area contributed by atoms with Gasteiger partial charge in [-0.1, -0.05) is 6.92 Å². The lowest BCUT2D eigenvalue weighted by Crippen LogP contribution is -2.49. The van der Waals surface area contributed by atoms with E-state index in [4.69, 9.17) is 10.5 Å². The number of aromatic nitrogens is 2. The van der Waals surface area contributed by atoms with Gasteiger partial charge >= 0.3 is 0 Å². The number of aliphatic hydroxyl groups excluding tert-OH is 1. The molecule has 1 aromatic heterocycles. The van der Waals surface area contributed by atoms with E-state index in [2.05, 4.69) is 16.9 Å². The maximum Gasteiger partial charge on any atom is 0.150 e. The molecule has 0 amide bonds. The first kappa shape index (κ1) is 14.1. The van der Waals surface area contributed by atoms with Crippen molar-refractivity contribution in [2.24, 2.45) is 0 Å². The Morgan fingerprint density at radius 1 is 1.47 bits per heavy atom. The summed E-state index contributed by atoms with van der Waals surface area (Å²) in [5, 5.41) is 13.8. The monoisotopic (exact) mass is 268 g/mol. The summed E-state index contributed by atoms with van der Waals surface area (Å²) < 4.78 is 7.64. The minimum atomic E-state index is -0.159. The predicted octanol–water partition coefficient (Wildman–Crippen LogP) is 0.770. The molecular weight excluding hydrogens is 244 g/mol. The number of aryl methyl sites for hydroxylation is 2. The van der Waals surface area contributed by atoms with Gasteiger partial charge < -0.3 is 20.5 Å². The van der Waals surface area contributed by atoms with E-state index >= 15 is 0 Å². The number of nitrogens with two attached hydrogens (primary N) is 1. The van der Waals surface area contributed by atoms with Gasteiger partial charge in [-0.25, -0.2) is 4.68 Å². The summed E-state index contributed by atoms with van der Waals surface area (Å²) in [6.45, 7) is 8.37. The van der Waals surface area contributed by atoms with Gasteiger partial charge in [0.15, 0.2) is 5.82 Å². The summed E-state index contributed by atoms with van der Waals surface area (Å²) in [6.07, 6.45) is 0.931. The number of hydrogen-bond donors (Lipinski definition) is 2. The number of nitrogens with zero attached hydrogens (tertiary/aromatic N) is 3. The van der Waals surface area contributed by atoms with Crippen LogP contribution < -0.4 is 10.6 Å². The van der Waals surface area contributed by atoms with E-state index in [1.54, 1.807) is 0 Å². The lowest BCUT2D eigenvalue weighted by Gasteiger charge is -2.37. The molecule has 2 rings (SSSR count). The Morgan fingerprint density at radius 3 is 2.84 bits per heavy atom. The van der Waals surface area contributed by atoms with Gasteiger partial charge in [-0.15, -0.1) is 0 Å². The fourth-order valence-corrected chi connectivity index (χ4v) is 2.60. The van der Waals surface area contributed by atoms with E-state index in [0.29, 0.717) is 6.54 Å². The van der Waals surface area contributed by atoms with E-state index < -0.39 is 0 Å². The van der Waals surface area contributed by atoms with Crippen LogP contribution in [0.15, 0.2) is 0 Å². The number of morpholine rings is 1. The van der Waals surface area contributed by atoms with Crippen LogP contribution in [0, 0.1) is 6.92 Å². The quantitative estimate of drug-likeness (QED) is 0.843. The van der Waals surface area contributed by atoms with Crippen LogP contribution in [0.1, 0.15) is 26.0 Å². The zero-order chi connectivity index (χ0) is 14.0. The fourth-order valence-electron chi connectivity index (χ4n) is 2.60. The maximum absolute atomic E-state index is 9.32. The van der Waals surface area contributed by atoms with Crippen molar-refractivity contribution >= 4 is 11.5 Å². The van der Waals surface area contributed by atoms with Crippen molar-refractivity contribution in [3.8, 4) is 0 Å². The van der Waals surface area contributed by atoms with Gasteiger partial charge in [-0.05, 0) is 20.3 Å². The molecule has 0 saturated carbocycles. The Labute approximate surface area is 114 Å². The zero-order valence-electron chi connectivity index (χ0n) is 12.0. The first-order valence-electron chi connectivity index (χ1n) is 6.91. The van der Waals surface area contributed by atoms with Gasteiger partial charge in [0.25, 0.3) is 0 Å². The number of aliphatic hydroxyl groups is 1. The van der Waals surface area contributed by atoms with E-state index in [0.717, 1.165) is 36.7 Å². The Balaban J connectivity index is 2.29. The van der Waals surface area contributed by atoms with E-state index in [9.17, 15) is 5.11 Å². The van der Waals surface area contributed by atoms with Crippen LogP contribution >= 0.6 is 0 Å². The topological polar surface area (TPSA) is 76.5 Å². The molecule has 6 heteroatoms. The van der Waals surface area contributed by atoms with Gasteiger partial charge in [-0.3, -0.25) is 0 Å². The van der Waals surface area contributed by atoms with Crippen molar-refractivity contribution in [2.75, 3.05) is 30.3 Å². The minimum absolute atomic E-state index is 0.0294. The predicted molar refractivity (Wildman–Crippen MR) is 75.3 cm³/mol. The van der Waals surface area contributed by atoms with Gasteiger partial charge in [0.2, 0.25) is 0 Å². The van der Waals surface area contributed by atoms with E-state index in [1.165, 1.54) is 0 Å². The molecule has 2 unspecified atom stereocenters. The molecule has 0 spiro atoms. The average Bonchev–Trinajstić information content (AvgIpc) is 2.64. The van der Waals surface area contributed by atoms with Crippen LogP contribution in [-0.4, -0.2) is 46.8 Å². The standard InChI is InChI=1S/C13H24N4O2/c1-4-5-17-13(12(14)10(3)15-17)16-6-9(2)19-11(7-16)8-18/h9,11,18H,4-8,14H2,1-3H3. The zero-order valence-corrected chi connectivity index (χ0v) is 12.0. The second-order valence-corrected chi connectivity index (χ2v) is 5.20. The van der Waals surface area contributed by atoms with Crippen LogP contribution in [-0.2, 0) is 11.3 Å². The lowest BCUT2D eigenvalue weighted by atomic mass is 10.2. The molecule has 1 saturated heterocycles. The van der Waals surface area contributed by atoms with Gasteiger partial charge in [0, 0.05) is 19.6 Å². The maximum atomic E-state index is 9.32. The molecule has 1 aliphatic rings. The fraction of sp³-hybridized carbons (Fsp3) is 0.769. The first-order valence-corrected chi connectivity index (χ1v) is 6.91. The second-order valence-electron chi connectivity index (χ2n) is 5.20. The van der Waals surface area contributed by atoms with Crippen LogP contribution in [0.4, 0.5) is 11.5 Å². The van der Waals surface area contributed by atoms with E-state index in [-0.39, 0.29) is 18.8 Å². The number of rotatable bonds is 4. The van der Waals surface area contributed by atoms with E-state index in [1.807, 2.05) is 18.5 Å². The summed E-state index contributed by atoms with van der Waals surface area (Å²) in [6, 6.07) is 0. The lowest BCUT2D eigenvalue weighted by molar-refractivity contribution is -0.0424. The minimum Gasteiger partial charge on any atom is -0.394 e. The highest BCUT2D eigenvalue weighted by Crippen LogP contribution is 2.29. The summed E-state index contributed by atoms with van der Waals surface area (Å²) in [7, 11) is 0. The molecule has 6 nitrogen and oxygen atoms in total. The smallest absolute Gasteiger partial charge is 0.150 e. The third kappa shape index (κ3) is 2.84. The molecule has 0 aliphatic carbocycles. The third-order valence-electron chi connectivity index (χ3n) is 3.41.